The van der Waals surface area contributed by atoms with Gasteiger partial charge in [0.2, 0.25) is 15.9 Å². The summed E-state index contributed by atoms with van der Waals surface area (Å²) in [6.07, 6.45) is 1.08. The highest BCUT2D eigenvalue weighted by molar-refractivity contribution is 7.98. The van der Waals surface area contributed by atoms with Gasteiger partial charge in [-0.25, -0.2) is 8.42 Å². The number of hydrogen-bond acceptors (Lipinski definition) is 5. The Morgan fingerprint density at radius 3 is 2.36 bits per heavy atom. The van der Waals surface area contributed by atoms with Crippen LogP contribution in [0.2, 0.25) is 5.02 Å². The van der Waals surface area contributed by atoms with Gasteiger partial charge < -0.3 is 10.1 Å². The van der Waals surface area contributed by atoms with Gasteiger partial charge in [0.25, 0.3) is 0 Å². The Morgan fingerprint density at radius 1 is 1.00 bits per heavy atom. The highest BCUT2D eigenvalue weighted by atomic mass is 35.5. The van der Waals surface area contributed by atoms with Gasteiger partial charge >= 0.3 is 0 Å². The van der Waals surface area contributed by atoms with Crippen LogP contribution in [0.4, 0.5) is 5.69 Å². The van der Waals surface area contributed by atoms with Crippen molar-refractivity contribution < 1.29 is 17.9 Å². The van der Waals surface area contributed by atoms with Crippen molar-refractivity contribution in [1.29, 1.82) is 0 Å². The second kappa shape index (κ2) is 12.0. The molecule has 0 aliphatic carbocycles. The van der Waals surface area contributed by atoms with E-state index < -0.39 is 10.0 Å². The van der Waals surface area contributed by atoms with Crippen molar-refractivity contribution in [3.8, 4) is 11.5 Å². The highest BCUT2D eigenvalue weighted by Crippen LogP contribution is 2.25. The minimum absolute atomic E-state index is 0.295. The lowest BCUT2D eigenvalue weighted by molar-refractivity contribution is -0.119. The van der Waals surface area contributed by atoms with Crippen molar-refractivity contribution >= 4 is 45.0 Å². The molecular formula is C24H25ClN2O4S2. The van der Waals surface area contributed by atoms with Gasteiger partial charge in [0.15, 0.2) is 0 Å². The van der Waals surface area contributed by atoms with E-state index in [9.17, 15) is 13.2 Å². The maximum atomic E-state index is 12.4. The molecule has 9 heteroatoms. The topological polar surface area (TPSA) is 75.7 Å². The molecule has 0 saturated carbocycles. The van der Waals surface area contributed by atoms with Gasteiger partial charge in [0, 0.05) is 23.1 Å². The number of thioether (sulfide) groups is 1. The van der Waals surface area contributed by atoms with Gasteiger partial charge in [0.1, 0.15) is 18.0 Å². The number of carbonyl (C=O) groups is 1. The van der Waals surface area contributed by atoms with E-state index in [-0.39, 0.29) is 12.5 Å². The summed E-state index contributed by atoms with van der Waals surface area (Å²) < 4.78 is 31.4. The zero-order valence-corrected chi connectivity index (χ0v) is 20.5. The lowest BCUT2D eigenvalue weighted by Crippen LogP contribution is -2.41. The fraction of sp³-hybridized carbons (Fsp3) is 0.208. The molecule has 0 heterocycles. The first-order valence-corrected chi connectivity index (χ1v) is 13.6. The van der Waals surface area contributed by atoms with Crippen LogP contribution in [0.1, 0.15) is 5.56 Å². The molecule has 0 radical (unpaired) electrons. The predicted octanol–water partition coefficient (Wildman–Crippen LogP) is 4.95. The first-order valence-electron chi connectivity index (χ1n) is 10.2. The number of rotatable bonds is 11. The third-order valence-electron chi connectivity index (χ3n) is 4.52. The summed E-state index contributed by atoms with van der Waals surface area (Å²) in [4.78, 5) is 12.4. The van der Waals surface area contributed by atoms with E-state index in [4.69, 9.17) is 16.3 Å². The Hall–Kier alpha value is -2.68. The van der Waals surface area contributed by atoms with E-state index in [2.05, 4.69) is 5.32 Å². The number of para-hydroxylation sites is 1. The largest absolute Gasteiger partial charge is 0.457 e. The second-order valence-corrected chi connectivity index (χ2v) is 10.7. The maximum Gasteiger partial charge on any atom is 0.240 e. The molecule has 3 aromatic rings. The first-order chi connectivity index (χ1) is 15.8. The summed E-state index contributed by atoms with van der Waals surface area (Å²) in [5.41, 5.74) is 1.50. The van der Waals surface area contributed by atoms with Crippen LogP contribution < -0.4 is 14.4 Å². The summed E-state index contributed by atoms with van der Waals surface area (Å²) in [5, 5.41) is 3.48. The average molecular weight is 505 g/mol. The average Bonchev–Trinajstić information content (AvgIpc) is 2.78. The Labute approximate surface area is 204 Å². The molecule has 0 aromatic heterocycles. The standard InChI is InChI=1S/C24H25ClN2O4S2/c1-33(29,30)27(21-10-12-23(13-11-21)31-22-8-3-2-4-9-22)17-24(28)26-14-15-32-18-19-6-5-7-20(25)16-19/h2-13,16H,14-15,17-18H2,1H3,(H,26,28). The van der Waals surface area contributed by atoms with Gasteiger partial charge in [-0.05, 0) is 54.1 Å². The number of halogens is 1. The molecule has 0 spiro atoms. The SMILES string of the molecule is CS(=O)(=O)N(CC(=O)NCCSCc1cccc(Cl)c1)c1ccc(Oc2ccccc2)cc1. The molecule has 3 aromatic carbocycles. The molecule has 0 aliphatic rings. The van der Waals surface area contributed by atoms with Crippen LogP contribution >= 0.6 is 23.4 Å². The van der Waals surface area contributed by atoms with Crippen molar-refractivity contribution in [2.75, 3.05) is 29.4 Å². The molecule has 174 valence electrons. The van der Waals surface area contributed by atoms with Gasteiger partial charge in [-0.15, -0.1) is 0 Å². The van der Waals surface area contributed by atoms with E-state index in [1.54, 1.807) is 36.0 Å². The molecule has 3 rings (SSSR count). The van der Waals surface area contributed by atoms with Crippen LogP contribution in [0.15, 0.2) is 78.9 Å². The number of hydrogen-bond donors (Lipinski definition) is 1. The van der Waals surface area contributed by atoms with E-state index >= 15 is 0 Å². The van der Waals surface area contributed by atoms with Crippen molar-refractivity contribution in [3.63, 3.8) is 0 Å². The summed E-state index contributed by atoms with van der Waals surface area (Å²) in [7, 11) is -3.65. The number of sulfonamides is 1. The minimum atomic E-state index is -3.65. The molecule has 1 N–H and O–H groups in total. The number of benzene rings is 3. The van der Waals surface area contributed by atoms with E-state index in [1.165, 1.54) is 0 Å². The third-order valence-corrected chi connectivity index (χ3v) is 6.92. The number of ether oxygens (including phenoxy) is 1. The van der Waals surface area contributed by atoms with Crippen LogP contribution in [0.25, 0.3) is 0 Å². The molecule has 33 heavy (non-hydrogen) atoms. The summed E-state index contributed by atoms with van der Waals surface area (Å²) in [6, 6.07) is 23.5. The van der Waals surface area contributed by atoms with Crippen molar-refractivity contribution in [3.05, 3.63) is 89.4 Å². The van der Waals surface area contributed by atoms with E-state index in [0.29, 0.717) is 34.5 Å². The van der Waals surface area contributed by atoms with Gasteiger partial charge in [-0.2, -0.15) is 11.8 Å². The Bertz CT molecular complexity index is 1160. The Morgan fingerprint density at radius 2 is 1.70 bits per heavy atom. The third kappa shape index (κ3) is 8.31. The quantitative estimate of drug-likeness (QED) is 0.374. The van der Waals surface area contributed by atoms with Gasteiger partial charge in [-0.3, -0.25) is 9.10 Å². The number of amides is 1. The summed E-state index contributed by atoms with van der Waals surface area (Å²) in [6.45, 7) is 0.141. The number of nitrogens with one attached hydrogen (secondary N) is 1. The predicted molar refractivity (Wildman–Crippen MR) is 136 cm³/mol. The smallest absolute Gasteiger partial charge is 0.240 e. The molecule has 0 fully saturated rings. The van der Waals surface area contributed by atoms with Crippen LogP contribution in [0.5, 0.6) is 11.5 Å². The lowest BCUT2D eigenvalue weighted by atomic mass is 10.2. The van der Waals surface area contributed by atoms with Crippen LogP contribution in [-0.4, -0.2) is 39.4 Å². The molecular weight excluding hydrogens is 480 g/mol. The van der Waals surface area contributed by atoms with E-state index in [0.717, 1.165) is 21.9 Å². The Balaban J connectivity index is 1.51. The molecule has 0 saturated heterocycles. The molecule has 0 atom stereocenters. The van der Waals surface area contributed by atoms with Crippen LogP contribution in [0, 0.1) is 0 Å². The molecule has 6 nitrogen and oxygen atoms in total. The van der Waals surface area contributed by atoms with Gasteiger partial charge in [-0.1, -0.05) is 41.9 Å². The fourth-order valence-corrected chi connectivity index (χ4v) is 4.85. The molecule has 0 unspecified atom stereocenters. The van der Waals surface area contributed by atoms with Crippen molar-refractivity contribution in [2.24, 2.45) is 0 Å². The number of carbonyl (C=O) groups excluding carboxylic acids is 1. The fourth-order valence-electron chi connectivity index (χ4n) is 2.97. The number of nitrogens with zero attached hydrogens (tertiary/aromatic N) is 1. The molecule has 1 amide bonds. The first kappa shape index (κ1) is 25.0. The summed E-state index contributed by atoms with van der Waals surface area (Å²) in [5.74, 6) is 2.36. The lowest BCUT2D eigenvalue weighted by Gasteiger charge is -2.22. The molecule has 0 aliphatic heterocycles. The Kier molecular flexibility index (Phi) is 9.05. The zero-order valence-electron chi connectivity index (χ0n) is 18.1. The number of anilines is 1. The van der Waals surface area contributed by atoms with Crippen molar-refractivity contribution in [1.82, 2.24) is 5.32 Å². The van der Waals surface area contributed by atoms with Crippen molar-refractivity contribution in [2.45, 2.75) is 5.75 Å². The van der Waals surface area contributed by atoms with Crippen LogP contribution in [-0.2, 0) is 20.6 Å². The summed E-state index contributed by atoms with van der Waals surface area (Å²) >= 11 is 7.64. The van der Waals surface area contributed by atoms with Gasteiger partial charge in [0.05, 0.1) is 11.9 Å². The highest BCUT2D eigenvalue weighted by Gasteiger charge is 2.20. The monoisotopic (exact) mass is 504 g/mol. The normalized spacial score (nSPS) is 11.1. The maximum absolute atomic E-state index is 12.4. The second-order valence-electron chi connectivity index (χ2n) is 7.21. The minimum Gasteiger partial charge on any atom is -0.457 e. The molecule has 0 bridgehead atoms. The van der Waals surface area contributed by atoms with E-state index in [1.807, 2.05) is 54.6 Å². The van der Waals surface area contributed by atoms with Crippen LogP contribution in [0.3, 0.4) is 0 Å². The zero-order chi connectivity index (χ0) is 23.7.